The molecule has 182 valence electrons. The van der Waals surface area contributed by atoms with Crippen LogP contribution in [0, 0.1) is 0 Å². The van der Waals surface area contributed by atoms with E-state index >= 15 is 0 Å². The molecule has 0 bridgehead atoms. The first-order chi connectivity index (χ1) is 16.5. The molecule has 0 spiro atoms. The van der Waals surface area contributed by atoms with Crippen molar-refractivity contribution in [3.8, 4) is 0 Å². The number of carbonyl (C=O) groups excluding carboxylic acids is 2. The molecule has 1 N–H and O–H groups in total. The summed E-state index contributed by atoms with van der Waals surface area (Å²) in [5.74, 6) is -1.29. The number of aliphatic hydroxyl groups is 1. The SMILES string of the molecule is CCCCN(CCCC)CCCN1C(=O)C(=O)/C(=C(/O)c2ccccc2)C1c1ccc(Br)cc1. The number of likely N-dealkylation sites (tertiary alicyclic amines) is 1. The Morgan fingerprint density at radius 2 is 1.50 bits per heavy atom. The van der Waals surface area contributed by atoms with E-state index in [0.717, 1.165) is 61.8 Å². The quantitative estimate of drug-likeness (QED) is 0.204. The zero-order valence-electron chi connectivity index (χ0n) is 20.2. The molecule has 1 atom stereocenters. The van der Waals surface area contributed by atoms with Gasteiger partial charge in [-0.3, -0.25) is 9.59 Å². The zero-order valence-corrected chi connectivity index (χ0v) is 21.8. The maximum atomic E-state index is 13.1. The molecule has 3 rings (SSSR count). The highest BCUT2D eigenvalue weighted by atomic mass is 79.9. The largest absolute Gasteiger partial charge is 0.507 e. The zero-order chi connectivity index (χ0) is 24.5. The molecular weight excluding hydrogens is 492 g/mol. The summed E-state index contributed by atoms with van der Waals surface area (Å²) >= 11 is 3.46. The molecule has 1 heterocycles. The molecule has 1 saturated heterocycles. The molecule has 0 aliphatic carbocycles. The van der Waals surface area contributed by atoms with E-state index in [1.54, 1.807) is 29.2 Å². The van der Waals surface area contributed by atoms with E-state index in [-0.39, 0.29) is 11.3 Å². The fourth-order valence-electron chi connectivity index (χ4n) is 4.42. The van der Waals surface area contributed by atoms with E-state index in [1.165, 1.54) is 0 Å². The first-order valence-corrected chi connectivity index (χ1v) is 13.1. The van der Waals surface area contributed by atoms with Gasteiger partial charge < -0.3 is 14.9 Å². The fourth-order valence-corrected chi connectivity index (χ4v) is 4.68. The minimum atomic E-state index is -0.622. The van der Waals surface area contributed by atoms with Crippen LogP contribution >= 0.6 is 15.9 Å². The summed E-state index contributed by atoms with van der Waals surface area (Å²) < 4.78 is 0.916. The van der Waals surface area contributed by atoms with Crippen molar-refractivity contribution in [2.24, 2.45) is 0 Å². The van der Waals surface area contributed by atoms with E-state index < -0.39 is 17.7 Å². The Morgan fingerprint density at radius 3 is 2.09 bits per heavy atom. The second-order valence-corrected chi connectivity index (χ2v) is 9.73. The van der Waals surface area contributed by atoms with Crippen molar-refractivity contribution in [1.29, 1.82) is 0 Å². The number of carbonyl (C=O) groups is 2. The molecule has 1 aliphatic rings. The maximum Gasteiger partial charge on any atom is 0.295 e. The Morgan fingerprint density at radius 1 is 0.912 bits per heavy atom. The third-order valence-electron chi connectivity index (χ3n) is 6.30. The number of unbranched alkanes of at least 4 members (excludes halogenated alkanes) is 2. The van der Waals surface area contributed by atoms with Crippen molar-refractivity contribution >= 4 is 33.4 Å². The van der Waals surface area contributed by atoms with Crippen molar-refractivity contribution in [2.75, 3.05) is 26.2 Å². The Hall–Kier alpha value is -2.44. The number of rotatable bonds is 12. The Balaban J connectivity index is 1.88. The van der Waals surface area contributed by atoms with Gasteiger partial charge in [0.2, 0.25) is 0 Å². The van der Waals surface area contributed by atoms with Crippen LogP contribution in [0.25, 0.3) is 5.76 Å². The first kappa shape index (κ1) is 26.2. The van der Waals surface area contributed by atoms with E-state index in [4.69, 9.17) is 0 Å². The lowest BCUT2D eigenvalue weighted by molar-refractivity contribution is -0.140. The lowest BCUT2D eigenvalue weighted by Crippen LogP contribution is -2.34. The molecule has 0 radical (unpaired) electrons. The summed E-state index contributed by atoms with van der Waals surface area (Å²) in [6.07, 6.45) is 5.40. The van der Waals surface area contributed by atoms with Gasteiger partial charge in [-0.1, -0.05) is 85.1 Å². The standard InChI is InChI=1S/C28H35BrN2O3/c1-3-5-17-30(18-6-4-2)19-10-20-31-25(21-13-15-23(29)16-14-21)24(27(33)28(31)34)26(32)22-11-8-7-9-12-22/h7-9,11-16,25,32H,3-6,10,17-20H2,1-2H3/b26-24+. The second kappa shape index (κ2) is 12.9. The Kier molecular flexibility index (Phi) is 9.90. The second-order valence-electron chi connectivity index (χ2n) is 8.81. The highest BCUT2D eigenvalue weighted by Crippen LogP contribution is 2.39. The molecule has 2 aromatic carbocycles. The van der Waals surface area contributed by atoms with Crippen LogP contribution in [0.2, 0.25) is 0 Å². The van der Waals surface area contributed by atoms with E-state index in [9.17, 15) is 14.7 Å². The highest BCUT2D eigenvalue weighted by Gasteiger charge is 2.45. The summed E-state index contributed by atoms with van der Waals surface area (Å²) in [4.78, 5) is 30.4. The summed E-state index contributed by atoms with van der Waals surface area (Å²) in [5, 5.41) is 11.1. The summed E-state index contributed by atoms with van der Waals surface area (Å²) in [5.41, 5.74) is 1.51. The van der Waals surface area contributed by atoms with Crippen LogP contribution in [0.5, 0.6) is 0 Å². The minimum absolute atomic E-state index is 0.123. The van der Waals surface area contributed by atoms with Crippen molar-refractivity contribution in [3.05, 3.63) is 75.8 Å². The Bertz CT molecular complexity index is 980. The summed E-state index contributed by atoms with van der Waals surface area (Å²) in [6.45, 7) is 7.85. The predicted molar refractivity (Wildman–Crippen MR) is 140 cm³/mol. The number of hydrogen-bond acceptors (Lipinski definition) is 4. The van der Waals surface area contributed by atoms with Gasteiger partial charge in [0, 0.05) is 16.6 Å². The topological polar surface area (TPSA) is 60.9 Å². The van der Waals surface area contributed by atoms with Crippen molar-refractivity contribution < 1.29 is 14.7 Å². The molecular formula is C28H35BrN2O3. The Labute approximate surface area is 211 Å². The van der Waals surface area contributed by atoms with Gasteiger partial charge >= 0.3 is 0 Å². The van der Waals surface area contributed by atoms with Gasteiger partial charge in [0.1, 0.15) is 5.76 Å². The molecule has 1 amide bonds. The van der Waals surface area contributed by atoms with Gasteiger partial charge in [-0.25, -0.2) is 0 Å². The fraction of sp³-hybridized carbons (Fsp3) is 0.429. The number of Topliss-reactive ketones (excluding diaryl/α,β-unsaturated/α-hetero) is 1. The van der Waals surface area contributed by atoms with Crippen molar-refractivity contribution in [1.82, 2.24) is 9.80 Å². The molecule has 1 unspecified atom stereocenters. The van der Waals surface area contributed by atoms with Crippen molar-refractivity contribution in [2.45, 2.75) is 52.0 Å². The van der Waals surface area contributed by atoms with Crippen LogP contribution < -0.4 is 0 Å². The number of halogens is 1. The summed E-state index contributed by atoms with van der Waals surface area (Å²) in [7, 11) is 0. The van der Waals surface area contributed by atoms with Gasteiger partial charge in [0.05, 0.1) is 11.6 Å². The molecule has 5 nitrogen and oxygen atoms in total. The minimum Gasteiger partial charge on any atom is -0.507 e. The average Bonchev–Trinajstić information content (AvgIpc) is 3.11. The van der Waals surface area contributed by atoms with Crippen LogP contribution in [-0.2, 0) is 9.59 Å². The van der Waals surface area contributed by atoms with E-state index in [0.29, 0.717) is 12.1 Å². The average molecular weight is 528 g/mol. The maximum absolute atomic E-state index is 13.1. The van der Waals surface area contributed by atoms with Gasteiger partial charge in [-0.15, -0.1) is 0 Å². The molecule has 1 aliphatic heterocycles. The number of hydrogen-bond donors (Lipinski definition) is 1. The molecule has 0 saturated carbocycles. The molecule has 0 aromatic heterocycles. The van der Waals surface area contributed by atoms with Gasteiger partial charge in [0.25, 0.3) is 11.7 Å². The predicted octanol–water partition coefficient (Wildman–Crippen LogP) is 6.16. The molecule has 1 fully saturated rings. The number of aliphatic hydroxyl groups excluding tert-OH is 1. The van der Waals surface area contributed by atoms with Crippen LogP contribution in [0.15, 0.2) is 64.6 Å². The lowest BCUT2D eigenvalue weighted by atomic mass is 9.95. The summed E-state index contributed by atoms with van der Waals surface area (Å²) in [6, 6.07) is 16.0. The molecule has 6 heteroatoms. The number of amides is 1. The highest BCUT2D eigenvalue weighted by molar-refractivity contribution is 9.10. The van der Waals surface area contributed by atoms with Gasteiger partial charge in [-0.05, 0) is 56.6 Å². The van der Waals surface area contributed by atoms with Crippen LogP contribution in [0.4, 0.5) is 0 Å². The monoisotopic (exact) mass is 526 g/mol. The third-order valence-corrected chi connectivity index (χ3v) is 6.83. The molecule has 34 heavy (non-hydrogen) atoms. The van der Waals surface area contributed by atoms with E-state index in [2.05, 4.69) is 34.7 Å². The first-order valence-electron chi connectivity index (χ1n) is 12.3. The third kappa shape index (κ3) is 6.36. The van der Waals surface area contributed by atoms with Crippen molar-refractivity contribution in [3.63, 3.8) is 0 Å². The number of ketones is 1. The van der Waals surface area contributed by atoms with Gasteiger partial charge in [-0.2, -0.15) is 0 Å². The molecule has 2 aromatic rings. The number of nitrogens with zero attached hydrogens (tertiary/aromatic N) is 2. The van der Waals surface area contributed by atoms with Crippen LogP contribution in [-0.4, -0.2) is 52.8 Å². The number of benzene rings is 2. The van der Waals surface area contributed by atoms with Crippen LogP contribution in [0.3, 0.4) is 0 Å². The normalized spacial score (nSPS) is 17.6. The smallest absolute Gasteiger partial charge is 0.295 e. The lowest BCUT2D eigenvalue weighted by Gasteiger charge is -2.27. The van der Waals surface area contributed by atoms with Crippen LogP contribution in [0.1, 0.15) is 63.1 Å². The van der Waals surface area contributed by atoms with Gasteiger partial charge in [0.15, 0.2) is 0 Å². The van der Waals surface area contributed by atoms with E-state index in [1.807, 2.05) is 30.3 Å².